The van der Waals surface area contributed by atoms with Crippen LogP contribution in [0.15, 0.2) is 42.5 Å². The highest BCUT2D eigenvalue weighted by Crippen LogP contribution is 2.22. The van der Waals surface area contributed by atoms with Gasteiger partial charge >= 0.3 is 0 Å². The number of aryl methyl sites for hydroxylation is 3. The summed E-state index contributed by atoms with van der Waals surface area (Å²) in [5.74, 6) is -0.155. The molecule has 102 valence electrons. The van der Waals surface area contributed by atoms with Crippen LogP contribution in [0.3, 0.4) is 0 Å². The van der Waals surface area contributed by atoms with E-state index in [4.69, 9.17) is 0 Å². The first kappa shape index (κ1) is 14.1. The van der Waals surface area contributed by atoms with Crippen LogP contribution in [0.5, 0.6) is 5.75 Å². The van der Waals surface area contributed by atoms with Gasteiger partial charge in [-0.05, 0) is 55.7 Å². The van der Waals surface area contributed by atoms with E-state index in [2.05, 4.69) is 0 Å². The van der Waals surface area contributed by atoms with Gasteiger partial charge in [0.25, 0.3) is 0 Å². The molecule has 0 saturated heterocycles. The average Bonchev–Trinajstić information content (AvgIpc) is 2.42. The van der Waals surface area contributed by atoms with E-state index in [1.807, 2.05) is 45.0 Å². The summed E-state index contributed by atoms with van der Waals surface area (Å²) in [4.78, 5) is 12.1. The number of carbonyl (C=O) groups excluding carboxylic acids is 1. The summed E-state index contributed by atoms with van der Waals surface area (Å²) in [5.41, 5.74) is 4.46. The van der Waals surface area contributed by atoms with Gasteiger partial charge in [-0.25, -0.2) is 0 Å². The lowest BCUT2D eigenvalue weighted by Gasteiger charge is -2.05. The summed E-state index contributed by atoms with van der Waals surface area (Å²) < 4.78 is 0. The Kier molecular flexibility index (Phi) is 4.04. The molecule has 2 aromatic rings. The third-order valence-electron chi connectivity index (χ3n) is 3.38. The van der Waals surface area contributed by atoms with E-state index in [0.717, 1.165) is 16.7 Å². The van der Waals surface area contributed by atoms with Crippen molar-refractivity contribution < 1.29 is 9.90 Å². The Hall–Kier alpha value is -2.35. The van der Waals surface area contributed by atoms with Gasteiger partial charge in [0.05, 0.1) is 5.56 Å². The molecule has 2 nitrogen and oxygen atoms in total. The number of rotatable bonds is 3. The summed E-state index contributed by atoms with van der Waals surface area (Å²) in [7, 11) is 0. The van der Waals surface area contributed by atoms with Crippen molar-refractivity contribution in [1.82, 2.24) is 0 Å². The molecule has 0 amide bonds. The number of phenolic OH excluding ortho intramolecular Hbond substituents is 1. The molecule has 0 spiro atoms. The minimum absolute atomic E-state index is 0.0339. The Balaban J connectivity index is 2.24. The van der Waals surface area contributed by atoms with Crippen LogP contribution in [0.4, 0.5) is 0 Å². The molecule has 2 rings (SSSR count). The third-order valence-corrected chi connectivity index (χ3v) is 3.38. The molecule has 2 heteroatoms. The second-order valence-electron chi connectivity index (χ2n) is 5.06. The molecule has 0 atom stereocenters. The zero-order valence-electron chi connectivity index (χ0n) is 12.0. The highest BCUT2D eigenvalue weighted by atomic mass is 16.3. The van der Waals surface area contributed by atoms with Crippen LogP contribution in [0.1, 0.15) is 32.6 Å². The summed E-state index contributed by atoms with van der Waals surface area (Å²) >= 11 is 0. The van der Waals surface area contributed by atoms with Crippen LogP contribution in [0.2, 0.25) is 0 Å². The first-order valence-corrected chi connectivity index (χ1v) is 6.56. The number of phenols is 1. The SMILES string of the molecule is Cc1ccc(/C=C/C(=O)c2cc(C)c(C)cc2O)cc1. The predicted octanol–water partition coefficient (Wildman–Crippen LogP) is 4.21. The standard InChI is InChI=1S/C18H18O2/c1-12-4-6-15(7-5-12)8-9-17(19)16-10-13(2)14(3)11-18(16)20/h4-11,20H,1-3H3/b9-8+. The van der Waals surface area contributed by atoms with E-state index in [1.165, 1.54) is 11.6 Å². The zero-order valence-corrected chi connectivity index (χ0v) is 12.0. The molecule has 0 bridgehead atoms. The maximum absolute atomic E-state index is 12.1. The van der Waals surface area contributed by atoms with Gasteiger partial charge in [0.2, 0.25) is 0 Å². The van der Waals surface area contributed by atoms with E-state index in [1.54, 1.807) is 18.2 Å². The minimum atomic E-state index is -0.189. The van der Waals surface area contributed by atoms with Crippen LogP contribution >= 0.6 is 0 Å². The normalized spacial score (nSPS) is 10.9. The molecule has 0 aliphatic heterocycles. The Labute approximate surface area is 119 Å². The number of benzene rings is 2. The van der Waals surface area contributed by atoms with Gasteiger partial charge in [0.15, 0.2) is 5.78 Å². The number of aromatic hydroxyl groups is 1. The van der Waals surface area contributed by atoms with Crippen LogP contribution in [0.25, 0.3) is 6.08 Å². The molecule has 20 heavy (non-hydrogen) atoms. The highest BCUT2D eigenvalue weighted by Gasteiger charge is 2.10. The smallest absolute Gasteiger partial charge is 0.189 e. The quantitative estimate of drug-likeness (QED) is 0.667. The number of hydrogen-bond acceptors (Lipinski definition) is 2. The van der Waals surface area contributed by atoms with Crippen molar-refractivity contribution in [3.05, 3.63) is 70.3 Å². The Bertz CT molecular complexity index is 665. The molecule has 0 aliphatic carbocycles. The molecule has 0 saturated carbocycles. The van der Waals surface area contributed by atoms with Crippen molar-refractivity contribution in [2.45, 2.75) is 20.8 Å². The summed E-state index contributed by atoms with van der Waals surface area (Å²) in [5, 5.41) is 9.87. The van der Waals surface area contributed by atoms with Crippen LogP contribution in [-0.2, 0) is 0 Å². The number of ketones is 1. The Morgan fingerprint density at radius 3 is 2.25 bits per heavy atom. The van der Waals surface area contributed by atoms with Crippen molar-refractivity contribution in [1.29, 1.82) is 0 Å². The molecular formula is C18H18O2. The number of allylic oxidation sites excluding steroid dienone is 1. The monoisotopic (exact) mass is 266 g/mol. The second-order valence-corrected chi connectivity index (χ2v) is 5.06. The van der Waals surface area contributed by atoms with Gasteiger partial charge in [-0.1, -0.05) is 35.9 Å². The van der Waals surface area contributed by atoms with Gasteiger partial charge in [-0.2, -0.15) is 0 Å². The van der Waals surface area contributed by atoms with Gasteiger partial charge in [-0.15, -0.1) is 0 Å². The van der Waals surface area contributed by atoms with Crippen molar-refractivity contribution in [3.63, 3.8) is 0 Å². The lowest BCUT2D eigenvalue weighted by atomic mass is 10.0. The van der Waals surface area contributed by atoms with Crippen molar-refractivity contribution in [2.75, 3.05) is 0 Å². The molecule has 0 fully saturated rings. The third kappa shape index (κ3) is 3.15. The lowest BCUT2D eigenvalue weighted by Crippen LogP contribution is -1.97. The van der Waals surface area contributed by atoms with Gasteiger partial charge in [-0.3, -0.25) is 4.79 Å². The fourth-order valence-electron chi connectivity index (χ4n) is 1.94. The van der Waals surface area contributed by atoms with Crippen LogP contribution < -0.4 is 0 Å². The lowest BCUT2D eigenvalue weighted by molar-refractivity contribution is 0.104. The largest absolute Gasteiger partial charge is 0.507 e. The number of carbonyl (C=O) groups is 1. The number of hydrogen-bond donors (Lipinski definition) is 1. The topological polar surface area (TPSA) is 37.3 Å². The first-order valence-electron chi connectivity index (χ1n) is 6.56. The van der Waals surface area contributed by atoms with E-state index in [-0.39, 0.29) is 11.5 Å². The molecule has 0 radical (unpaired) electrons. The fourth-order valence-corrected chi connectivity index (χ4v) is 1.94. The maximum atomic E-state index is 12.1. The second kappa shape index (κ2) is 5.74. The van der Waals surface area contributed by atoms with E-state index < -0.39 is 0 Å². The Morgan fingerprint density at radius 2 is 1.60 bits per heavy atom. The average molecular weight is 266 g/mol. The van der Waals surface area contributed by atoms with Gasteiger partial charge in [0.1, 0.15) is 5.75 Å². The summed E-state index contributed by atoms with van der Waals surface area (Å²) in [6.45, 7) is 5.85. The zero-order chi connectivity index (χ0) is 14.7. The van der Waals surface area contributed by atoms with Crippen molar-refractivity contribution >= 4 is 11.9 Å². The van der Waals surface area contributed by atoms with E-state index in [9.17, 15) is 9.90 Å². The van der Waals surface area contributed by atoms with E-state index in [0.29, 0.717) is 5.56 Å². The first-order chi connectivity index (χ1) is 9.47. The Morgan fingerprint density at radius 1 is 1.00 bits per heavy atom. The molecule has 0 unspecified atom stereocenters. The van der Waals surface area contributed by atoms with Crippen molar-refractivity contribution in [3.8, 4) is 5.75 Å². The van der Waals surface area contributed by atoms with E-state index >= 15 is 0 Å². The van der Waals surface area contributed by atoms with Gasteiger partial charge < -0.3 is 5.11 Å². The maximum Gasteiger partial charge on any atom is 0.189 e. The fraction of sp³-hybridized carbons (Fsp3) is 0.167. The molecule has 2 aromatic carbocycles. The van der Waals surface area contributed by atoms with Gasteiger partial charge in [0, 0.05) is 0 Å². The minimum Gasteiger partial charge on any atom is -0.507 e. The molecule has 1 N–H and O–H groups in total. The molecule has 0 aromatic heterocycles. The summed E-state index contributed by atoms with van der Waals surface area (Å²) in [6.07, 6.45) is 3.25. The molecule has 0 aliphatic rings. The molecular weight excluding hydrogens is 248 g/mol. The summed E-state index contributed by atoms with van der Waals surface area (Å²) in [6, 6.07) is 11.3. The molecule has 0 heterocycles. The highest BCUT2D eigenvalue weighted by molar-refractivity contribution is 6.08. The van der Waals surface area contributed by atoms with Crippen LogP contribution in [0, 0.1) is 20.8 Å². The van der Waals surface area contributed by atoms with Crippen molar-refractivity contribution in [2.24, 2.45) is 0 Å². The predicted molar refractivity (Wildman–Crippen MR) is 82.1 cm³/mol. The van der Waals surface area contributed by atoms with Crippen LogP contribution in [-0.4, -0.2) is 10.9 Å².